The predicted octanol–water partition coefficient (Wildman–Crippen LogP) is 2.16. The molecule has 0 spiro atoms. The molecular weight excluding hydrogens is 180 g/mol. The quantitative estimate of drug-likeness (QED) is 0.649. The number of hydrogen-bond acceptors (Lipinski definition) is 3. The molecule has 3 saturated heterocycles. The third kappa shape index (κ3) is 1.30. The molecule has 3 rings (SSSR count). The molecule has 0 amide bonds. The summed E-state index contributed by atoms with van der Waals surface area (Å²) in [5.41, 5.74) is 0.192. The molecule has 0 saturated carbocycles. The van der Waals surface area contributed by atoms with Crippen LogP contribution in [0.25, 0.3) is 0 Å². The van der Waals surface area contributed by atoms with Crippen molar-refractivity contribution in [1.29, 1.82) is 0 Å². The van der Waals surface area contributed by atoms with Crippen molar-refractivity contribution < 1.29 is 14.2 Å². The zero-order valence-electron chi connectivity index (χ0n) is 9.55. The minimum atomic E-state index is -0.729. The Labute approximate surface area is 85.7 Å². The van der Waals surface area contributed by atoms with Gasteiger partial charge in [-0.1, -0.05) is 27.7 Å². The first-order chi connectivity index (χ1) is 6.43. The van der Waals surface area contributed by atoms with E-state index in [1.807, 2.05) is 6.92 Å². The highest BCUT2D eigenvalue weighted by molar-refractivity contribution is 4.96. The van der Waals surface area contributed by atoms with Gasteiger partial charge in [-0.05, 0) is 5.41 Å². The molecule has 0 aromatic rings. The summed E-state index contributed by atoms with van der Waals surface area (Å²) in [7, 11) is 0. The van der Waals surface area contributed by atoms with Gasteiger partial charge >= 0.3 is 0 Å². The minimum Gasteiger partial charge on any atom is -0.327 e. The highest BCUT2D eigenvalue weighted by atomic mass is 16.9. The maximum atomic E-state index is 5.70. The molecule has 0 aromatic heterocycles. The highest BCUT2D eigenvalue weighted by Gasteiger charge is 2.56. The van der Waals surface area contributed by atoms with Gasteiger partial charge in [-0.15, -0.1) is 0 Å². The molecule has 3 aliphatic rings. The third-order valence-corrected chi connectivity index (χ3v) is 3.73. The fourth-order valence-corrected chi connectivity index (χ4v) is 1.95. The van der Waals surface area contributed by atoms with Crippen LogP contribution >= 0.6 is 0 Å². The summed E-state index contributed by atoms with van der Waals surface area (Å²) in [4.78, 5) is 0. The van der Waals surface area contributed by atoms with Gasteiger partial charge < -0.3 is 14.2 Å². The van der Waals surface area contributed by atoms with Crippen LogP contribution in [0.15, 0.2) is 0 Å². The van der Waals surface area contributed by atoms with Crippen LogP contribution in [0.2, 0.25) is 0 Å². The van der Waals surface area contributed by atoms with E-state index >= 15 is 0 Å². The van der Waals surface area contributed by atoms with Crippen molar-refractivity contribution in [3.8, 4) is 0 Å². The van der Waals surface area contributed by atoms with Gasteiger partial charge in [0, 0.05) is 11.8 Å². The second-order valence-corrected chi connectivity index (χ2v) is 5.43. The van der Waals surface area contributed by atoms with Crippen molar-refractivity contribution in [2.45, 2.75) is 40.1 Å². The van der Waals surface area contributed by atoms with E-state index in [1.165, 1.54) is 0 Å². The van der Waals surface area contributed by atoms with E-state index in [4.69, 9.17) is 14.2 Å². The van der Waals surface area contributed by atoms with Crippen LogP contribution < -0.4 is 0 Å². The Balaban J connectivity index is 2.17. The average molecular weight is 200 g/mol. The molecule has 0 atom stereocenters. The smallest absolute Gasteiger partial charge is 0.282 e. The Hall–Kier alpha value is -0.120. The van der Waals surface area contributed by atoms with E-state index in [9.17, 15) is 0 Å². The van der Waals surface area contributed by atoms with Crippen molar-refractivity contribution in [3.63, 3.8) is 0 Å². The predicted molar refractivity (Wildman–Crippen MR) is 52.8 cm³/mol. The first-order valence-corrected chi connectivity index (χ1v) is 5.35. The van der Waals surface area contributed by atoms with Crippen LogP contribution in [-0.4, -0.2) is 25.8 Å². The first kappa shape index (κ1) is 10.4. The molecule has 0 aliphatic carbocycles. The molecule has 0 N–H and O–H groups in total. The summed E-state index contributed by atoms with van der Waals surface area (Å²) >= 11 is 0. The van der Waals surface area contributed by atoms with E-state index in [1.54, 1.807) is 0 Å². The van der Waals surface area contributed by atoms with Crippen molar-refractivity contribution in [2.24, 2.45) is 10.8 Å². The lowest BCUT2D eigenvalue weighted by Crippen LogP contribution is -2.63. The summed E-state index contributed by atoms with van der Waals surface area (Å²) in [6.45, 7) is 10.9. The molecule has 3 heterocycles. The van der Waals surface area contributed by atoms with Gasteiger partial charge in [0.25, 0.3) is 5.97 Å². The Morgan fingerprint density at radius 1 is 1.00 bits per heavy atom. The van der Waals surface area contributed by atoms with Gasteiger partial charge in [0.1, 0.15) is 0 Å². The van der Waals surface area contributed by atoms with E-state index in [0.717, 1.165) is 26.2 Å². The Kier molecular flexibility index (Phi) is 2.18. The van der Waals surface area contributed by atoms with Crippen molar-refractivity contribution in [1.82, 2.24) is 0 Å². The van der Waals surface area contributed by atoms with Crippen LogP contribution in [0.1, 0.15) is 34.1 Å². The molecule has 2 bridgehead atoms. The van der Waals surface area contributed by atoms with Crippen LogP contribution in [0.5, 0.6) is 0 Å². The molecule has 0 unspecified atom stereocenters. The molecule has 14 heavy (non-hydrogen) atoms. The van der Waals surface area contributed by atoms with Crippen LogP contribution in [-0.2, 0) is 14.2 Å². The molecular formula is C11H20O3. The van der Waals surface area contributed by atoms with Gasteiger partial charge in [0.05, 0.1) is 19.8 Å². The maximum absolute atomic E-state index is 5.70. The van der Waals surface area contributed by atoms with Crippen molar-refractivity contribution in [3.05, 3.63) is 0 Å². The Bertz CT molecular complexity index is 205. The molecule has 3 heteroatoms. The SMILES string of the molecule is CCC12OCC(C(C)(C)C)(CO1)CO2. The van der Waals surface area contributed by atoms with E-state index in [-0.39, 0.29) is 10.8 Å². The topological polar surface area (TPSA) is 27.7 Å². The van der Waals surface area contributed by atoms with Crippen LogP contribution in [0, 0.1) is 10.8 Å². The molecule has 82 valence electrons. The highest BCUT2D eigenvalue weighted by Crippen LogP contribution is 2.49. The number of rotatable bonds is 1. The molecule has 3 fully saturated rings. The lowest BCUT2D eigenvalue weighted by atomic mass is 9.67. The van der Waals surface area contributed by atoms with Gasteiger partial charge in [-0.3, -0.25) is 0 Å². The minimum absolute atomic E-state index is 0.0317. The Morgan fingerprint density at radius 3 is 1.71 bits per heavy atom. The van der Waals surface area contributed by atoms with Gasteiger partial charge in [-0.2, -0.15) is 0 Å². The zero-order valence-corrected chi connectivity index (χ0v) is 9.55. The van der Waals surface area contributed by atoms with Gasteiger partial charge in [0.15, 0.2) is 0 Å². The third-order valence-electron chi connectivity index (χ3n) is 3.73. The molecule has 3 aliphatic heterocycles. The van der Waals surface area contributed by atoms with Crippen molar-refractivity contribution in [2.75, 3.05) is 19.8 Å². The second-order valence-electron chi connectivity index (χ2n) is 5.43. The molecule has 0 radical (unpaired) electrons. The van der Waals surface area contributed by atoms with Gasteiger partial charge in [0.2, 0.25) is 0 Å². The number of ether oxygens (including phenoxy) is 3. The Morgan fingerprint density at radius 2 is 1.43 bits per heavy atom. The van der Waals surface area contributed by atoms with E-state index in [2.05, 4.69) is 20.8 Å². The maximum Gasteiger partial charge on any atom is 0.282 e. The summed E-state index contributed by atoms with van der Waals surface area (Å²) < 4.78 is 17.1. The fourth-order valence-electron chi connectivity index (χ4n) is 1.95. The summed E-state index contributed by atoms with van der Waals surface area (Å²) in [6.07, 6.45) is 0.757. The molecule has 3 nitrogen and oxygen atoms in total. The monoisotopic (exact) mass is 200 g/mol. The second kappa shape index (κ2) is 2.94. The summed E-state index contributed by atoms with van der Waals surface area (Å²) in [5.74, 6) is -0.729. The van der Waals surface area contributed by atoms with Crippen LogP contribution in [0.4, 0.5) is 0 Å². The van der Waals surface area contributed by atoms with Gasteiger partial charge in [-0.25, -0.2) is 0 Å². The normalized spacial score (nSPS) is 42.9. The van der Waals surface area contributed by atoms with Crippen molar-refractivity contribution >= 4 is 0 Å². The summed E-state index contributed by atoms with van der Waals surface area (Å²) in [5, 5.41) is 0. The standard InChI is InChI=1S/C11H20O3/c1-5-11-12-6-10(7-13-11,8-14-11)9(2,3)4/h5-8H2,1-4H3. The van der Waals surface area contributed by atoms with E-state index in [0.29, 0.717) is 0 Å². The number of hydrogen-bond donors (Lipinski definition) is 0. The average Bonchev–Trinajstić information content (AvgIpc) is 2.19. The first-order valence-electron chi connectivity index (χ1n) is 5.35. The lowest BCUT2D eigenvalue weighted by molar-refractivity contribution is -0.478. The largest absolute Gasteiger partial charge is 0.327 e. The summed E-state index contributed by atoms with van der Waals surface area (Å²) in [6, 6.07) is 0. The fraction of sp³-hybridized carbons (Fsp3) is 1.00. The molecule has 0 aromatic carbocycles. The lowest BCUT2D eigenvalue weighted by Gasteiger charge is -2.56. The van der Waals surface area contributed by atoms with E-state index < -0.39 is 5.97 Å². The van der Waals surface area contributed by atoms with Crippen LogP contribution in [0.3, 0.4) is 0 Å². The number of fused-ring (bicyclic) bond motifs is 3. The zero-order chi connectivity index (χ0) is 10.4.